The van der Waals surface area contributed by atoms with Crippen LogP contribution in [0.15, 0.2) is 83.9 Å². The maximum absolute atomic E-state index is 13.2. The fourth-order valence-corrected chi connectivity index (χ4v) is 4.65. The second kappa shape index (κ2) is 11.5. The molecule has 0 aliphatic carbocycles. The highest BCUT2D eigenvalue weighted by atomic mass is 32.2. The summed E-state index contributed by atoms with van der Waals surface area (Å²) >= 11 is 1.25. The fourth-order valence-electron chi connectivity index (χ4n) is 3.55. The zero-order chi connectivity index (χ0) is 25.5. The van der Waals surface area contributed by atoms with E-state index >= 15 is 0 Å². The van der Waals surface area contributed by atoms with Gasteiger partial charge in [0.1, 0.15) is 11.0 Å². The minimum atomic E-state index is -0.660. The van der Waals surface area contributed by atoms with Crippen molar-refractivity contribution in [3.05, 3.63) is 90.0 Å². The molecule has 0 saturated carbocycles. The Morgan fingerprint density at radius 2 is 1.69 bits per heavy atom. The molecule has 8 nitrogen and oxygen atoms in total. The third kappa shape index (κ3) is 6.11. The molecule has 2 amide bonds. The van der Waals surface area contributed by atoms with E-state index in [1.165, 1.54) is 18.9 Å². The summed E-state index contributed by atoms with van der Waals surface area (Å²) in [5.41, 5.74) is 2.50. The normalized spacial score (nSPS) is 16.5. The lowest BCUT2D eigenvalue weighted by Gasteiger charge is -2.32. The number of amidine groups is 1. The maximum atomic E-state index is 13.2. The number of nitrogens with one attached hydrogen (secondary N) is 1. The first-order chi connectivity index (χ1) is 17.5. The number of carbonyl (C=O) groups excluding carboxylic acids is 3. The van der Waals surface area contributed by atoms with Crippen molar-refractivity contribution in [1.29, 1.82) is 0 Å². The molecule has 36 heavy (non-hydrogen) atoms. The average molecular weight is 504 g/mol. The maximum Gasteiger partial charge on any atom is 0.337 e. The minimum Gasteiger partial charge on any atom is -0.497 e. The van der Waals surface area contributed by atoms with Gasteiger partial charge in [0.15, 0.2) is 5.17 Å². The number of benzene rings is 3. The summed E-state index contributed by atoms with van der Waals surface area (Å²) in [5.74, 6) is -0.239. The molecule has 0 aromatic heterocycles. The molecule has 1 saturated heterocycles. The molecule has 3 aromatic carbocycles. The van der Waals surface area contributed by atoms with Crippen molar-refractivity contribution < 1.29 is 23.9 Å². The zero-order valence-electron chi connectivity index (χ0n) is 19.8. The first-order valence-corrected chi connectivity index (χ1v) is 12.1. The van der Waals surface area contributed by atoms with Gasteiger partial charge in [-0.05, 0) is 54.1 Å². The number of hydrogen-bond donors (Lipinski definition) is 1. The number of carbonyl (C=O) groups is 3. The molecular weight excluding hydrogens is 478 g/mol. The summed E-state index contributed by atoms with van der Waals surface area (Å²) in [6.07, 6.45) is 0.0285. The Labute approximate surface area is 213 Å². The number of para-hydroxylation sites is 1. The van der Waals surface area contributed by atoms with E-state index in [0.717, 1.165) is 11.3 Å². The van der Waals surface area contributed by atoms with Crippen LogP contribution in [-0.4, -0.2) is 47.3 Å². The summed E-state index contributed by atoms with van der Waals surface area (Å²) in [4.78, 5) is 44.2. The number of hydrogen-bond acceptors (Lipinski definition) is 7. The lowest BCUT2D eigenvalue weighted by atomic mass is 10.1. The first-order valence-electron chi connectivity index (χ1n) is 11.2. The van der Waals surface area contributed by atoms with Crippen LogP contribution in [-0.2, 0) is 20.9 Å². The van der Waals surface area contributed by atoms with Gasteiger partial charge in [0.05, 0.1) is 32.0 Å². The monoisotopic (exact) mass is 503 g/mol. The molecule has 1 fully saturated rings. The minimum absolute atomic E-state index is 0.0285. The van der Waals surface area contributed by atoms with E-state index in [2.05, 4.69) is 10.3 Å². The van der Waals surface area contributed by atoms with E-state index in [4.69, 9.17) is 9.47 Å². The van der Waals surface area contributed by atoms with Crippen LogP contribution in [0.4, 0.5) is 11.4 Å². The van der Waals surface area contributed by atoms with Crippen molar-refractivity contribution in [1.82, 2.24) is 4.90 Å². The molecular formula is C27H25N3O5S. The number of methoxy groups -OCH3 is 2. The quantitative estimate of drug-likeness (QED) is 0.472. The SMILES string of the molecule is COC(=O)c1ccc(NC(=O)[C@@H]2CC(=O)N(Cc3ccc(OC)cc3)C(=Nc3ccccc3)S2)cc1. The molecule has 1 aliphatic heterocycles. The van der Waals surface area contributed by atoms with Crippen molar-refractivity contribution >= 4 is 46.1 Å². The number of ether oxygens (including phenoxy) is 2. The Hall–Kier alpha value is -4.11. The standard InChI is InChI=1S/C27H25N3O5S/c1-34-22-14-8-18(9-15-22)17-30-24(31)16-23(36-27(30)29-20-6-4-3-5-7-20)25(32)28-21-12-10-19(11-13-21)26(33)35-2/h3-15,23H,16-17H2,1-2H3,(H,28,32)/t23-/m0/s1. The van der Waals surface area contributed by atoms with Gasteiger partial charge >= 0.3 is 5.97 Å². The van der Waals surface area contributed by atoms with E-state index < -0.39 is 11.2 Å². The molecule has 1 N–H and O–H groups in total. The van der Waals surface area contributed by atoms with E-state index in [0.29, 0.717) is 28.7 Å². The third-order valence-electron chi connectivity index (χ3n) is 5.49. The van der Waals surface area contributed by atoms with Crippen LogP contribution in [0.25, 0.3) is 0 Å². The van der Waals surface area contributed by atoms with E-state index in [9.17, 15) is 14.4 Å². The molecule has 1 aliphatic rings. The lowest BCUT2D eigenvalue weighted by Crippen LogP contribution is -2.44. The van der Waals surface area contributed by atoms with Crippen LogP contribution in [0, 0.1) is 0 Å². The fraction of sp³-hybridized carbons (Fsp3) is 0.185. The number of amides is 2. The largest absolute Gasteiger partial charge is 0.497 e. The summed E-state index contributed by atoms with van der Waals surface area (Å²) in [6.45, 7) is 0.324. The zero-order valence-corrected chi connectivity index (χ0v) is 20.7. The van der Waals surface area contributed by atoms with Crippen molar-refractivity contribution in [3.63, 3.8) is 0 Å². The van der Waals surface area contributed by atoms with Gasteiger partial charge in [-0.1, -0.05) is 42.1 Å². The molecule has 3 aromatic rings. The van der Waals surface area contributed by atoms with Crippen LogP contribution < -0.4 is 10.1 Å². The molecule has 1 atom stereocenters. The van der Waals surface area contributed by atoms with Crippen LogP contribution in [0.1, 0.15) is 22.3 Å². The predicted octanol–water partition coefficient (Wildman–Crippen LogP) is 4.64. The van der Waals surface area contributed by atoms with E-state index in [1.54, 1.807) is 36.3 Å². The number of thioether (sulfide) groups is 1. The number of nitrogens with zero attached hydrogens (tertiary/aromatic N) is 2. The number of anilines is 1. The van der Waals surface area contributed by atoms with Gasteiger partial charge in [0.2, 0.25) is 11.8 Å². The summed E-state index contributed by atoms with van der Waals surface area (Å²) < 4.78 is 9.92. The van der Waals surface area contributed by atoms with Gasteiger partial charge in [0.25, 0.3) is 0 Å². The molecule has 0 unspecified atom stereocenters. The van der Waals surface area contributed by atoms with Crippen molar-refractivity contribution in [3.8, 4) is 5.75 Å². The molecule has 9 heteroatoms. The highest BCUT2D eigenvalue weighted by Gasteiger charge is 2.36. The third-order valence-corrected chi connectivity index (χ3v) is 6.67. The molecule has 0 radical (unpaired) electrons. The second-order valence-electron chi connectivity index (χ2n) is 7.93. The smallest absolute Gasteiger partial charge is 0.337 e. The molecule has 1 heterocycles. The topological polar surface area (TPSA) is 97.3 Å². The number of rotatable bonds is 7. The van der Waals surface area contributed by atoms with Crippen LogP contribution in [0.5, 0.6) is 5.75 Å². The van der Waals surface area contributed by atoms with Crippen molar-refractivity contribution in [2.45, 2.75) is 18.2 Å². The molecule has 4 rings (SSSR count). The molecule has 0 spiro atoms. The highest BCUT2D eigenvalue weighted by Crippen LogP contribution is 2.31. The summed E-state index contributed by atoms with van der Waals surface area (Å²) in [7, 11) is 2.91. The Kier molecular flexibility index (Phi) is 8.02. The van der Waals surface area contributed by atoms with Gasteiger partial charge in [0, 0.05) is 12.1 Å². The Morgan fingerprint density at radius 3 is 2.33 bits per heavy atom. The van der Waals surface area contributed by atoms with Gasteiger partial charge in [-0.2, -0.15) is 0 Å². The van der Waals surface area contributed by atoms with Crippen LogP contribution >= 0.6 is 11.8 Å². The Balaban J connectivity index is 1.53. The highest BCUT2D eigenvalue weighted by molar-refractivity contribution is 8.15. The summed E-state index contributed by atoms with van der Waals surface area (Å²) in [6, 6.07) is 23.2. The Morgan fingerprint density at radius 1 is 1.00 bits per heavy atom. The number of esters is 1. The number of aliphatic imine (C=N–C) groups is 1. The van der Waals surface area contributed by atoms with Gasteiger partial charge in [-0.15, -0.1) is 0 Å². The van der Waals surface area contributed by atoms with Gasteiger partial charge in [-0.3, -0.25) is 14.5 Å². The molecule has 184 valence electrons. The van der Waals surface area contributed by atoms with Crippen LogP contribution in [0.2, 0.25) is 0 Å². The molecule has 0 bridgehead atoms. The summed E-state index contributed by atoms with van der Waals surface area (Å²) in [5, 5.41) is 2.62. The van der Waals surface area contributed by atoms with Gasteiger partial charge in [-0.25, -0.2) is 9.79 Å². The van der Waals surface area contributed by atoms with Crippen molar-refractivity contribution in [2.75, 3.05) is 19.5 Å². The first kappa shape index (κ1) is 25.0. The predicted molar refractivity (Wildman–Crippen MR) is 139 cm³/mol. The lowest BCUT2D eigenvalue weighted by molar-refractivity contribution is -0.129. The second-order valence-corrected chi connectivity index (χ2v) is 9.10. The van der Waals surface area contributed by atoms with E-state index in [1.807, 2.05) is 54.6 Å². The van der Waals surface area contributed by atoms with Crippen molar-refractivity contribution in [2.24, 2.45) is 4.99 Å². The van der Waals surface area contributed by atoms with Crippen LogP contribution in [0.3, 0.4) is 0 Å². The van der Waals surface area contributed by atoms with Gasteiger partial charge < -0.3 is 14.8 Å². The average Bonchev–Trinajstić information content (AvgIpc) is 2.91. The Bertz CT molecular complexity index is 1260. The van der Waals surface area contributed by atoms with E-state index in [-0.39, 0.29) is 18.2 Å².